The van der Waals surface area contributed by atoms with E-state index in [4.69, 9.17) is 0 Å². The molecule has 0 aliphatic carbocycles. The summed E-state index contributed by atoms with van der Waals surface area (Å²) < 4.78 is 38.6. The Bertz CT molecular complexity index is 1350. The Morgan fingerprint density at radius 2 is 1.67 bits per heavy atom. The molecule has 0 fully saturated rings. The van der Waals surface area contributed by atoms with Crippen LogP contribution in [-0.4, -0.2) is 22.6 Å². The first-order valence-electron chi connectivity index (χ1n) is 10.1. The van der Waals surface area contributed by atoms with Crippen molar-refractivity contribution in [1.29, 1.82) is 0 Å². The molecule has 1 amide bonds. The zero-order valence-electron chi connectivity index (χ0n) is 17.2. The molecule has 3 N–H and O–H groups in total. The number of aromatic nitrogens is 2. The molecule has 0 atom stereocenters. The highest BCUT2D eigenvalue weighted by Crippen LogP contribution is 2.29. The third kappa shape index (κ3) is 5.20. The summed E-state index contributed by atoms with van der Waals surface area (Å²) in [4.78, 5) is 24.2. The van der Waals surface area contributed by atoms with Crippen molar-refractivity contribution in [3.05, 3.63) is 99.8 Å². The van der Waals surface area contributed by atoms with Crippen molar-refractivity contribution in [2.75, 3.05) is 17.2 Å². The first-order valence-corrected chi connectivity index (χ1v) is 10.1. The number of rotatable bonds is 6. The number of fused-ring (bicyclic) bond motifs is 1. The molecule has 0 radical (unpaired) electrons. The number of alkyl halides is 3. The fourth-order valence-corrected chi connectivity index (χ4v) is 3.37. The summed E-state index contributed by atoms with van der Waals surface area (Å²) in [6.07, 6.45) is -3.86. The van der Waals surface area contributed by atoms with Crippen LogP contribution in [0.25, 0.3) is 10.8 Å². The standard InChI is InChI=1S/C24H19F3N4O2/c25-24(26,27)17-5-3-4-16(14-17)22(32)29-18-10-8-15(9-11-18)12-13-28-21-19-6-1-2-7-20(19)23(33)31-30-21/h1-11,14H,12-13H2,(H,28,30)(H,29,32)(H,31,33). The van der Waals surface area contributed by atoms with Crippen molar-refractivity contribution in [2.45, 2.75) is 12.6 Å². The zero-order chi connectivity index (χ0) is 23.4. The third-order valence-corrected chi connectivity index (χ3v) is 5.07. The van der Waals surface area contributed by atoms with Gasteiger partial charge >= 0.3 is 6.18 Å². The summed E-state index contributed by atoms with van der Waals surface area (Å²) in [6.45, 7) is 0.555. The summed E-state index contributed by atoms with van der Waals surface area (Å²) in [6, 6.07) is 18.5. The lowest BCUT2D eigenvalue weighted by Gasteiger charge is -2.10. The lowest BCUT2D eigenvalue weighted by molar-refractivity contribution is -0.137. The van der Waals surface area contributed by atoms with E-state index in [9.17, 15) is 22.8 Å². The molecule has 0 saturated heterocycles. The predicted molar refractivity (Wildman–Crippen MR) is 120 cm³/mol. The number of H-pyrrole nitrogens is 1. The molecule has 0 bridgehead atoms. The number of benzene rings is 3. The summed E-state index contributed by atoms with van der Waals surface area (Å²) in [7, 11) is 0. The highest BCUT2D eigenvalue weighted by Gasteiger charge is 2.30. The molecule has 3 aromatic carbocycles. The molecule has 168 valence electrons. The fraction of sp³-hybridized carbons (Fsp3) is 0.125. The van der Waals surface area contributed by atoms with E-state index >= 15 is 0 Å². The molecular weight excluding hydrogens is 433 g/mol. The summed E-state index contributed by atoms with van der Waals surface area (Å²) in [5.41, 5.74) is 0.260. The highest BCUT2D eigenvalue weighted by molar-refractivity contribution is 6.04. The average molecular weight is 452 g/mol. The first-order chi connectivity index (χ1) is 15.8. The van der Waals surface area contributed by atoms with E-state index in [2.05, 4.69) is 20.8 Å². The van der Waals surface area contributed by atoms with Gasteiger partial charge in [0.2, 0.25) is 0 Å². The van der Waals surface area contributed by atoms with Crippen molar-refractivity contribution in [3.8, 4) is 0 Å². The monoisotopic (exact) mass is 452 g/mol. The Labute approximate surface area is 186 Å². The number of hydrogen-bond acceptors (Lipinski definition) is 4. The van der Waals surface area contributed by atoms with Gasteiger partial charge in [-0.25, -0.2) is 5.10 Å². The van der Waals surface area contributed by atoms with Crippen molar-refractivity contribution >= 4 is 28.2 Å². The number of amides is 1. The smallest absolute Gasteiger partial charge is 0.368 e. The number of aromatic amines is 1. The van der Waals surface area contributed by atoms with Crippen LogP contribution in [0.3, 0.4) is 0 Å². The number of carbonyl (C=O) groups excluding carboxylic acids is 1. The van der Waals surface area contributed by atoms with Gasteiger partial charge in [0.25, 0.3) is 11.5 Å². The van der Waals surface area contributed by atoms with Crippen molar-refractivity contribution < 1.29 is 18.0 Å². The molecular formula is C24H19F3N4O2. The minimum Gasteiger partial charge on any atom is -0.368 e. The van der Waals surface area contributed by atoms with Gasteiger partial charge < -0.3 is 10.6 Å². The van der Waals surface area contributed by atoms with E-state index in [0.29, 0.717) is 29.9 Å². The Morgan fingerprint density at radius 3 is 2.39 bits per heavy atom. The molecule has 4 aromatic rings. The van der Waals surface area contributed by atoms with Crippen LogP contribution in [0, 0.1) is 0 Å². The molecule has 0 aliphatic rings. The lowest BCUT2D eigenvalue weighted by Crippen LogP contribution is -2.14. The minimum absolute atomic E-state index is 0.0706. The van der Waals surface area contributed by atoms with Crippen LogP contribution in [0.1, 0.15) is 21.5 Å². The van der Waals surface area contributed by atoms with E-state index in [0.717, 1.165) is 23.1 Å². The summed E-state index contributed by atoms with van der Waals surface area (Å²) in [5.74, 6) is -0.0401. The molecule has 1 aromatic heterocycles. The van der Waals surface area contributed by atoms with Gasteiger partial charge in [0.15, 0.2) is 5.82 Å². The lowest BCUT2D eigenvalue weighted by atomic mass is 10.1. The Hall–Kier alpha value is -4.14. The largest absolute Gasteiger partial charge is 0.416 e. The van der Waals surface area contributed by atoms with Gasteiger partial charge in [0.1, 0.15) is 0 Å². The molecule has 0 spiro atoms. The molecule has 0 saturated carbocycles. The Morgan fingerprint density at radius 1 is 0.939 bits per heavy atom. The van der Waals surface area contributed by atoms with Gasteiger partial charge in [-0.15, -0.1) is 0 Å². The van der Waals surface area contributed by atoms with E-state index in [1.54, 1.807) is 24.3 Å². The summed E-state index contributed by atoms with van der Waals surface area (Å²) >= 11 is 0. The zero-order valence-corrected chi connectivity index (χ0v) is 17.2. The molecule has 9 heteroatoms. The van der Waals surface area contributed by atoms with Crippen LogP contribution < -0.4 is 16.2 Å². The van der Waals surface area contributed by atoms with Crippen molar-refractivity contribution in [1.82, 2.24) is 10.2 Å². The normalized spacial score (nSPS) is 11.4. The maximum atomic E-state index is 12.9. The van der Waals surface area contributed by atoms with Crippen LogP contribution in [0.4, 0.5) is 24.7 Å². The Balaban J connectivity index is 1.36. The number of halogens is 3. The number of hydrogen-bond donors (Lipinski definition) is 3. The average Bonchev–Trinajstić information content (AvgIpc) is 2.81. The van der Waals surface area contributed by atoms with Crippen LogP contribution in [0.2, 0.25) is 0 Å². The number of nitrogens with one attached hydrogen (secondary N) is 3. The minimum atomic E-state index is -4.51. The molecule has 4 rings (SSSR count). The maximum Gasteiger partial charge on any atom is 0.416 e. The second-order valence-electron chi connectivity index (χ2n) is 7.35. The van der Waals surface area contributed by atoms with E-state index in [-0.39, 0.29) is 11.1 Å². The number of nitrogens with zero attached hydrogens (tertiary/aromatic N) is 1. The van der Waals surface area contributed by atoms with E-state index in [1.807, 2.05) is 24.3 Å². The SMILES string of the molecule is O=C(Nc1ccc(CCNc2n[nH]c(=O)c3ccccc23)cc1)c1cccc(C(F)(F)F)c1. The van der Waals surface area contributed by atoms with Crippen LogP contribution in [0.5, 0.6) is 0 Å². The number of anilines is 2. The van der Waals surface area contributed by atoms with Crippen LogP contribution in [-0.2, 0) is 12.6 Å². The first kappa shape index (κ1) is 22.1. The van der Waals surface area contributed by atoms with Gasteiger partial charge in [0.05, 0.1) is 10.9 Å². The Kier molecular flexibility index (Phi) is 6.12. The van der Waals surface area contributed by atoms with Gasteiger partial charge in [0, 0.05) is 23.2 Å². The van der Waals surface area contributed by atoms with E-state index in [1.165, 1.54) is 12.1 Å². The van der Waals surface area contributed by atoms with Crippen LogP contribution in [0.15, 0.2) is 77.6 Å². The molecule has 0 aliphatic heterocycles. The quantitative estimate of drug-likeness (QED) is 0.390. The highest BCUT2D eigenvalue weighted by atomic mass is 19.4. The van der Waals surface area contributed by atoms with Crippen molar-refractivity contribution in [2.24, 2.45) is 0 Å². The third-order valence-electron chi connectivity index (χ3n) is 5.07. The van der Waals surface area contributed by atoms with E-state index < -0.39 is 17.6 Å². The molecule has 0 unspecified atom stereocenters. The van der Waals surface area contributed by atoms with Gasteiger partial charge in [-0.2, -0.15) is 18.3 Å². The van der Waals surface area contributed by atoms with Crippen molar-refractivity contribution in [3.63, 3.8) is 0 Å². The molecule has 6 nitrogen and oxygen atoms in total. The summed E-state index contributed by atoms with van der Waals surface area (Å²) in [5, 5.41) is 13.6. The maximum absolute atomic E-state index is 12.9. The van der Waals surface area contributed by atoms with Crippen LogP contribution >= 0.6 is 0 Å². The predicted octanol–water partition coefficient (Wildman–Crippen LogP) is 4.85. The van der Waals surface area contributed by atoms with Gasteiger partial charge in [-0.1, -0.05) is 36.4 Å². The topological polar surface area (TPSA) is 86.9 Å². The second-order valence-corrected chi connectivity index (χ2v) is 7.35. The van der Waals surface area contributed by atoms with Gasteiger partial charge in [-0.3, -0.25) is 9.59 Å². The second kappa shape index (κ2) is 9.15. The fourth-order valence-electron chi connectivity index (χ4n) is 3.37. The molecule has 1 heterocycles. The number of carbonyl (C=O) groups is 1. The molecule has 33 heavy (non-hydrogen) atoms. The van der Waals surface area contributed by atoms with Gasteiger partial charge in [-0.05, 0) is 48.4 Å².